The maximum absolute atomic E-state index is 6.46. The number of rotatable bonds is 7. The Morgan fingerprint density at radius 2 is 1.76 bits per heavy atom. The number of aryl methyl sites for hydroxylation is 1. The van der Waals surface area contributed by atoms with Gasteiger partial charge in [-0.15, -0.1) is 0 Å². The molecule has 1 aliphatic rings. The largest absolute Gasteiger partial charge is 0.323 e. The van der Waals surface area contributed by atoms with Crippen LogP contribution in [0.4, 0.5) is 0 Å². The first-order chi connectivity index (χ1) is 10.2. The topological polar surface area (TPSA) is 29.3 Å². The molecule has 1 aromatic carbocycles. The second kappa shape index (κ2) is 8.55. The van der Waals surface area contributed by atoms with Crippen LogP contribution in [0.2, 0.25) is 0 Å². The van der Waals surface area contributed by atoms with Gasteiger partial charge in [-0.25, -0.2) is 0 Å². The number of nitrogens with zero attached hydrogens (tertiary/aromatic N) is 1. The van der Waals surface area contributed by atoms with Crippen LogP contribution in [0.1, 0.15) is 69.5 Å². The Hall–Kier alpha value is -0.860. The summed E-state index contributed by atoms with van der Waals surface area (Å²) in [6, 6.07) is 9.84. The van der Waals surface area contributed by atoms with E-state index in [1.165, 1.54) is 56.1 Å². The van der Waals surface area contributed by atoms with Gasteiger partial charge in [0.2, 0.25) is 0 Å². The van der Waals surface area contributed by atoms with Gasteiger partial charge in [-0.1, -0.05) is 63.8 Å². The van der Waals surface area contributed by atoms with Crippen LogP contribution in [0.5, 0.6) is 0 Å². The van der Waals surface area contributed by atoms with Crippen LogP contribution in [-0.2, 0) is 6.42 Å². The fourth-order valence-electron chi connectivity index (χ4n) is 3.56. The van der Waals surface area contributed by atoms with Crippen LogP contribution in [0.3, 0.4) is 0 Å². The third-order valence-corrected chi connectivity index (χ3v) is 4.88. The molecule has 0 heterocycles. The van der Waals surface area contributed by atoms with Gasteiger partial charge < -0.3 is 5.73 Å². The summed E-state index contributed by atoms with van der Waals surface area (Å²) in [4.78, 5) is 2.60. The van der Waals surface area contributed by atoms with Crippen molar-refractivity contribution in [2.75, 3.05) is 13.1 Å². The van der Waals surface area contributed by atoms with Gasteiger partial charge in [-0.3, -0.25) is 4.90 Å². The van der Waals surface area contributed by atoms with Gasteiger partial charge in [0.25, 0.3) is 0 Å². The molecule has 2 N–H and O–H groups in total. The first kappa shape index (κ1) is 16.5. The molecule has 0 aromatic heterocycles. The van der Waals surface area contributed by atoms with E-state index in [0.29, 0.717) is 0 Å². The van der Waals surface area contributed by atoms with Crippen molar-refractivity contribution >= 4 is 0 Å². The zero-order valence-corrected chi connectivity index (χ0v) is 13.9. The third-order valence-electron chi connectivity index (χ3n) is 4.88. The molecule has 0 spiro atoms. The molecule has 0 radical (unpaired) electrons. The monoisotopic (exact) mass is 288 g/mol. The average Bonchev–Trinajstić information content (AvgIpc) is 2.54. The van der Waals surface area contributed by atoms with Crippen molar-refractivity contribution in [3.63, 3.8) is 0 Å². The molecule has 1 aromatic rings. The zero-order chi connectivity index (χ0) is 15.1. The van der Waals surface area contributed by atoms with Gasteiger partial charge >= 0.3 is 0 Å². The maximum Gasteiger partial charge on any atom is 0.0424 e. The Balaban J connectivity index is 1.93. The van der Waals surface area contributed by atoms with Crippen molar-refractivity contribution in [3.8, 4) is 0 Å². The highest BCUT2D eigenvalue weighted by Gasteiger charge is 2.21. The lowest BCUT2D eigenvalue weighted by atomic mass is 9.93. The minimum atomic E-state index is 0.141. The second-order valence-corrected chi connectivity index (χ2v) is 6.48. The van der Waals surface area contributed by atoms with E-state index >= 15 is 0 Å². The summed E-state index contributed by atoms with van der Waals surface area (Å²) >= 11 is 0. The molecular formula is C19H32N2. The summed E-state index contributed by atoms with van der Waals surface area (Å²) in [5.74, 6) is 0. The standard InChI is InChI=1S/C19H32N2/c1-3-8-16-11-13-17(14-12-16)19(20)15-21(4-2)18-9-6-5-7-10-18/h11-14,18-19H,3-10,15,20H2,1-2H3. The highest BCUT2D eigenvalue weighted by atomic mass is 15.2. The van der Waals surface area contributed by atoms with Crippen molar-refractivity contribution in [2.24, 2.45) is 5.73 Å². The van der Waals surface area contributed by atoms with Gasteiger partial charge in [0.1, 0.15) is 0 Å². The highest BCUT2D eigenvalue weighted by molar-refractivity contribution is 5.25. The molecule has 21 heavy (non-hydrogen) atoms. The first-order valence-electron chi connectivity index (χ1n) is 8.83. The number of likely N-dealkylation sites (N-methyl/N-ethyl adjacent to an activating group) is 1. The first-order valence-corrected chi connectivity index (χ1v) is 8.83. The van der Waals surface area contributed by atoms with E-state index in [2.05, 4.69) is 43.0 Å². The molecular weight excluding hydrogens is 256 g/mol. The highest BCUT2D eigenvalue weighted by Crippen LogP contribution is 2.24. The van der Waals surface area contributed by atoms with Crippen LogP contribution in [0.25, 0.3) is 0 Å². The van der Waals surface area contributed by atoms with E-state index in [4.69, 9.17) is 5.73 Å². The van der Waals surface area contributed by atoms with Crippen molar-refractivity contribution in [1.82, 2.24) is 4.90 Å². The van der Waals surface area contributed by atoms with Crippen molar-refractivity contribution in [3.05, 3.63) is 35.4 Å². The number of hydrogen-bond donors (Lipinski definition) is 1. The fraction of sp³-hybridized carbons (Fsp3) is 0.684. The van der Waals surface area contributed by atoms with Gasteiger partial charge in [0, 0.05) is 18.6 Å². The van der Waals surface area contributed by atoms with Crippen LogP contribution in [0.15, 0.2) is 24.3 Å². The average molecular weight is 288 g/mol. The van der Waals surface area contributed by atoms with E-state index in [-0.39, 0.29) is 6.04 Å². The molecule has 0 aliphatic heterocycles. The Morgan fingerprint density at radius 1 is 1.10 bits per heavy atom. The normalized spacial score (nSPS) is 18.1. The molecule has 1 saturated carbocycles. The van der Waals surface area contributed by atoms with E-state index < -0.39 is 0 Å². The van der Waals surface area contributed by atoms with E-state index in [1.807, 2.05) is 0 Å². The molecule has 0 amide bonds. The second-order valence-electron chi connectivity index (χ2n) is 6.48. The van der Waals surface area contributed by atoms with Gasteiger partial charge in [0.15, 0.2) is 0 Å². The lowest BCUT2D eigenvalue weighted by molar-refractivity contribution is 0.155. The molecule has 1 aliphatic carbocycles. The molecule has 2 heteroatoms. The summed E-state index contributed by atoms with van der Waals surface area (Å²) in [6.45, 7) is 6.61. The quantitative estimate of drug-likeness (QED) is 0.811. The predicted molar refractivity (Wildman–Crippen MR) is 91.5 cm³/mol. The van der Waals surface area contributed by atoms with Gasteiger partial charge in [0.05, 0.1) is 0 Å². The minimum Gasteiger partial charge on any atom is -0.323 e. The summed E-state index contributed by atoms with van der Waals surface area (Å²) in [6.07, 6.45) is 9.28. The Labute approximate surface area is 130 Å². The molecule has 1 unspecified atom stereocenters. The Morgan fingerprint density at radius 3 is 2.33 bits per heavy atom. The summed E-state index contributed by atoms with van der Waals surface area (Å²) in [5.41, 5.74) is 9.17. The predicted octanol–water partition coefficient (Wildman–Crippen LogP) is 4.29. The summed E-state index contributed by atoms with van der Waals surface area (Å²) in [5, 5.41) is 0. The molecule has 1 atom stereocenters. The van der Waals surface area contributed by atoms with Crippen molar-refractivity contribution < 1.29 is 0 Å². The van der Waals surface area contributed by atoms with Crippen LogP contribution < -0.4 is 5.73 Å². The molecule has 1 fully saturated rings. The zero-order valence-electron chi connectivity index (χ0n) is 13.9. The third kappa shape index (κ3) is 4.82. The molecule has 2 rings (SSSR count). The van der Waals surface area contributed by atoms with Crippen LogP contribution >= 0.6 is 0 Å². The van der Waals surface area contributed by atoms with E-state index in [0.717, 1.165) is 19.1 Å². The maximum atomic E-state index is 6.46. The van der Waals surface area contributed by atoms with Crippen molar-refractivity contribution in [2.45, 2.75) is 70.9 Å². The lowest BCUT2D eigenvalue weighted by Crippen LogP contribution is -2.41. The molecule has 0 saturated heterocycles. The number of benzene rings is 1. The van der Waals surface area contributed by atoms with Gasteiger partial charge in [-0.05, 0) is 36.9 Å². The minimum absolute atomic E-state index is 0.141. The van der Waals surface area contributed by atoms with E-state index in [1.54, 1.807) is 0 Å². The van der Waals surface area contributed by atoms with Crippen LogP contribution in [-0.4, -0.2) is 24.0 Å². The van der Waals surface area contributed by atoms with Crippen molar-refractivity contribution in [1.29, 1.82) is 0 Å². The summed E-state index contributed by atoms with van der Waals surface area (Å²) in [7, 11) is 0. The van der Waals surface area contributed by atoms with Crippen LogP contribution in [0, 0.1) is 0 Å². The van der Waals surface area contributed by atoms with E-state index in [9.17, 15) is 0 Å². The molecule has 0 bridgehead atoms. The lowest BCUT2D eigenvalue weighted by Gasteiger charge is -2.35. The number of nitrogens with two attached hydrogens (primary N) is 1. The van der Waals surface area contributed by atoms with Gasteiger partial charge in [-0.2, -0.15) is 0 Å². The fourth-order valence-corrected chi connectivity index (χ4v) is 3.56. The summed E-state index contributed by atoms with van der Waals surface area (Å²) < 4.78 is 0. The SMILES string of the molecule is CCCc1ccc(C(N)CN(CC)C2CCCCC2)cc1. The Bertz CT molecular complexity index is 393. The number of hydrogen-bond acceptors (Lipinski definition) is 2. The smallest absolute Gasteiger partial charge is 0.0424 e. The molecule has 2 nitrogen and oxygen atoms in total. The Kier molecular flexibility index (Phi) is 6.72. The molecule has 118 valence electrons.